The van der Waals surface area contributed by atoms with Gasteiger partial charge in [0.15, 0.2) is 0 Å². The van der Waals surface area contributed by atoms with Gasteiger partial charge in [-0.25, -0.2) is 0 Å². The van der Waals surface area contributed by atoms with Crippen molar-refractivity contribution in [1.29, 1.82) is 0 Å². The molecule has 98 valence electrons. The van der Waals surface area contributed by atoms with E-state index in [4.69, 9.17) is 11.6 Å². The van der Waals surface area contributed by atoms with Gasteiger partial charge in [-0.2, -0.15) is 0 Å². The quantitative estimate of drug-likeness (QED) is 0.863. The molecule has 1 aliphatic rings. The lowest BCUT2D eigenvalue weighted by Crippen LogP contribution is -2.39. The van der Waals surface area contributed by atoms with Crippen LogP contribution in [0, 0.1) is 0 Å². The first kappa shape index (κ1) is 13.5. The SMILES string of the molecule is CCN1C(=O)CC(NC(C)c2ccc(Cl)s2)C1=O. The van der Waals surface area contributed by atoms with E-state index in [0.29, 0.717) is 6.54 Å². The molecule has 0 spiro atoms. The first-order valence-electron chi connectivity index (χ1n) is 5.88. The van der Waals surface area contributed by atoms with E-state index in [1.807, 2.05) is 19.1 Å². The second kappa shape index (κ2) is 5.38. The van der Waals surface area contributed by atoms with Crippen molar-refractivity contribution < 1.29 is 9.59 Å². The molecule has 1 saturated heterocycles. The van der Waals surface area contributed by atoms with Gasteiger partial charge in [-0.1, -0.05) is 11.6 Å². The molecule has 1 aromatic rings. The fraction of sp³-hybridized carbons (Fsp3) is 0.500. The molecule has 0 bridgehead atoms. The van der Waals surface area contributed by atoms with Crippen molar-refractivity contribution in [3.05, 3.63) is 21.3 Å². The minimum absolute atomic E-state index is 0.0149. The molecule has 1 N–H and O–H groups in total. The van der Waals surface area contributed by atoms with E-state index in [-0.39, 0.29) is 24.3 Å². The molecular weight excluding hydrogens is 272 g/mol. The van der Waals surface area contributed by atoms with Crippen LogP contribution in [0.2, 0.25) is 4.34 Å². The molecule has 6 heteroatoms. The van der Waals surface area contributed by atoms with E-state index < -0.39 is 6.04 Å². The van der Waals surface area contributed by atoms with Gasteiger partial charge < -0.3 is 0 Å². The molecule has 1 aromatic heterocycles. The highest BCUT2D eigenvalue weighted by Crippen LogP contribution is 2.27. The van der Waals surface area contributed by atoms with Gasteiger partial charge in [0.1, 0.15) is 0 Å². The summed E-state index contributed by atoms with van der Waals surface area (Å²) in [7, 11) is 0. The van der Waals surface area contributed by atoms with Crippen LogP contribution in [0.25, 0.3) is 0 Å². The van der Waals surface area contributed by atoms with Crippen molar-refractivity contribution in [2.45, 2.75) is 32.4 Å². The first-order valence-corrected chi connectivity index (χ1v) is 7.08. The smallest absolute Gasteiger partial charge is 0.246 e. The Kier molecular flexibility index (Phi) is 4.04. The van der Waals surface area contributed by atoms with Gasteiger partial charge in [-0.15, -0.1) is 11.3 Å². The molecule has 2 atom stereocenters. The number of likely N-dealkylation sites (N-methyl/N-ethyl adjacent to an activating group) is 1. The van der Waals surface area contributed by atoms with Crippen LogP contribution in [0.4, 0.5) is 0 Å². The third-order valence-electron chi connectivity index (χ3n) is 3.03. The van der Waals surface area contributed by atoms with E-state index in [2.05, 4.69) is 5.32 Å². The number of carbonyl (C=O) groups is 2. The Morgan fingerprint density at radius 1 is 1.56 bits per heavy atom. The highest BCUT2D eigenvalue weighted by molar-refractivity contribution is 7.16. The lowest BCUT2D eigenvalue weighted by Gasteiger charge is -2.17. The van der Waals surface area contributed by atoms with Crippen LogP contribution in [0.5, 0.6) is 0 Å². The number of carbonyl (C=O) groups excluding carboxylic acids is 2. The number of nitrogens with zero attached hydrogens (tertiary/aromatic N) is 1. The van der Waals surface area contributed by atoms with E-state index in [1.165, 1.54) is 16.2 Å². The maximum Gasteiger partial charge on any atom is 0.246 e. The summed E-state index contributed by atoms with van der Waals surface area (Å²) >= 11 is 7.36. The standard InChI is InChI=1S/C12H15ClN2O2S/c1-3-15-11(16)6-8(12(15)17)14-7(2)9-4-5-10(13)18-9/h4-5,7-8,14H,3,6H2,1-2H3. The summed E-state index contributed by atoms with van der Waals surface area (Å²) < 4.78 is 0.725. The van der Waals surface area contributed by atoms with E-state index in [0.717, 1.165) is 9.21 Å². The molecule has 0 saturated carbocycles. The zero-order chi connectivity index (χ0) is 13.3. The zero-order valence-electron chi connectivity index (χ0n) is 10.3. The summed E-state index contributed by atoms with van der Waals surface area (Å²) in [5.74, 6) is -0.228. The van der Waals surface area contributed by atoms with Crippen LogP contribution < -0.4 is 5.32 Å². The molecule has 18 heavy (non-hydrogen) atoms. The molecule has 2 unspecified atom stereocenters. The lowest BCUT2D eigenvalue weighted by atomic mass is 10.2. The van der Waals surface area contributed by atoms with Crippen molar-refractivity contribution in [2.24, 2.45) is 0 Å². The van der Waals surface area contributed by atoms with E-state index >= 15 is 0 Å². The average molecular weight is 287 g/mol. The fourth-order valence-corrected chi connectivity index (χ4v) is 3.16. The summed E-state index contributed by atoms with van der Waals surface area (Å²) in [6.45, 7) is 4.21. The monoisotopic (exact) mass is 286 g/mol. The van der Waals surface area contributed by atoms with Gasteiger partial charge in [-0.3, -0.25) is 19.8 Å². The number of hydrogen-bond acceptors (Lipinski definition) is 4. The van der Waals surface area contributed by atoms with Gasteiger partial charge in [0.25, 0.3) is 0 Å². The minimum atomic E-state index is -0.409. The Balaban J connectivity index is 2.02. The lowest BCUT2D eigenvalue weighted by molar-refractivity contribution is -0.138. The Labute approximate surface area is 115 Å². The summed E-state index contributed by atoms with van der Waals surface area (Å²) in [5, 5.41) is 3.19. The molecular formula is C12H15ClN2O2S. The highest BCUT2D eigenvalue weighted by atomic mass is 35.5. The number of hydrogen-bond donors (Lipinski definition) is 1. The van der Waals surface area contributed by atoms with Gasteiger partial charge >= 0.3 is 0 Å². The Morgan fingerprint density at radius 3 is 2.78 bits per heavy atom. The van der Waals surface area contributed by atoms with Gasteiger partial charge in [0.05, 0.1) is 16.8 Å². The fourth-order valence-electron chi connectivity index (χ4n) is 2.09. The second-order valence-electron chi connectivity index (χ2n) is 4.26. The molecule has 2 heterocycles. The second-order valence-corrected chi connectivity index (χ2v) is 6.01. The number of amides is 2. The average Bonchev–Trinajstić information content (AvgIpc) is 2.85. The summed E-state index contributed by atoms with van der Waals surface area (Å²) in [6, 6.07) is 3.37. The van der Waals surface area contributed by atoms with Crippen molar-refractivity contribution >= 4 is 34.8 Å². The number of halogens is 1. The molecule has 0 aliphatic carbocycles. The normalized spacial score (nSPS) is 21.7. The Bertz CT molecular complexity index is 474. The first-order chi connectivity index (χ1) is 8.52. The van der Waals surface area contributed by atoms with Crippen molar-refractivity contribution in [1.82, 2.24) is 10.2 Å². The molecule has 4 nitrogen and oxygen atoms in total. The van der Waals surface area contributed by atoms with Gasteiger partial charge in [0.2, 0.25) is 11.8 Å². The summed E-state index contributed by atoms with van der Waals surface area (Å²) in [5.41, 5.74) is 0. The third-order valence-corrected chi connectivity index (χ3v) is 4.45. The van der Waals surface area contributed by atoms with Crippen molar-refractivity contribution in [3.8, 4) is 0 Å². The molecule has 2 rings (SSSR count). The van der Waals surface area contributed by atoms with Crippen LogP contribution in [0.1, 0.15) is 31.2 Å². The number of rotatable bonds is 4. The molecule has 2 amide bonds. The topological polar surface area (TPSA) is 49.4 Å². The van der Waals surface area contributed by atoms with Crippen LogP contribution in [-0.2, 0) is 9.59 Å². The van der Waals surface area contributed by atoms with Crippen LogP contribution in [0.3, 0.4) is 0 Å². The van der Waals surface area contributed by atoms with E-state index in [9.17, 15) is 9.59 Å². The van der Waals surface area contributed by atoms with E-state index in [1.54, 1.807) is 6.92 Å². The minimum Gasteiger partial charge on any atom is -0.298 e. The largest absolute Gasteiger partial charge is 0.298 e. The number of imide groups is 1. The molecule has 1 fully saturated rings. The van der Waals surface area contributed by atoms with Crippen LogP contribution in [-0.4, -0.2) is 29.3 Å². The Morgan fingerprint density at radius 2 is 2.28 bits per heavy atom. The third kappa shape index (κ3) is 2.58. The maximum absolute atomic E-state index is 11.9. The molecule has 0 aromatic carbocycles. The van der Waals surface area contributed by atoms with Gasteiger partial charge in [-0.05, 0) is 26.0 Å². The predicted octanol–water partition coefficient (Wildman–Crippen LogP) is 2.20. The van der Waals surface area contributed by atoms with Crippen LogP contribution >= 0.6 is 22.9 Å². The molecule has 1 aliphatic heterocycles. The van der Waals surface area contributed by atoms with Crippen molar-refractivity contribution in [2.75, 3.05) is 6.54 Å². The molecule has 0 radical (unpaired) electrons. The predicted molar refractivity (Wildman–Crippen MR) is 71.7 cm³/mol. The van der Waals surface area contributed by atoms with Crippen LogP contribution in [0.15, 0.2) is 12.1 Å². The Hall–Kier alpha value is -0.910. The number of thiophene rings is 1. The maximum atomic E-state index is 11.9. The highest BCUT2D eigenvalue weighted by Gasteiger charge is 2.38. The number of likely N-dealkylation sites (tertiary alicyclic amines) is 1. The van der Waals surface area contributed by atoms with Crippen molar-refractivity contribution in [3.63, 3.8) is 0 Å². The number of nitrogens with one attached hydrogen (secondary N) is 1. The van der Waals surface area contributed by atoms with Gasteiger partial charge in [0, 0.05) is 17.5 Å². The summed E-state index contributed by atoms with van der Waals surface area (Å²) in [6.07, 6.45) is 0.246. The zero-order valence-corrected chi connectivity index (χ0v) is 11.8. The summed E-state index contributed by atoms with van der Waals surface area (Å²) in [4.78, 5) is 25.9.